The molecule has 1 heterocycles. The Bertz CT molecular complexity index is 956. The van der Waals surface area contributed by atoms with Crippen LogP contribution in [0.5, 0.6) is 11.5 Å². The van der Waals surface area contributed by atoms with Gasteiger partial charge >= 0.3 is 0 Å². The zero-order chi connectivity index (χ0) is 21.7. The highest BCUT2D eigenvalue weighted by molar-refractivity contribution is 6.27. The van der Waals surface area contributed by atoms with Crippen molar-refractivity contribution in [2.45, 2.75) is 51.7 Å². The zero-order valence-electron chi connectivity index (χ0n) is 17.2. The fourth-order valence-corrected chi connectivity index (χ4v) is 4.08. The number of rotatable bonds is 5. The van der Waals surface area contributed by atoms with Crippen LogP contribution in [0.4, 0.5) is 0 Å². The number of ketones is 2. The maximum absolute atomic E-state index is 13.0. The Balaban J connectivity index is 2.18. The van der Waals surface area contributed by atoms with Gasteiger partial charge in [-0.25, -0.2) is 0 Å². The van der Waals surface area contributed by atoms with Gasteiger partial charge in [0.1, 0.15) is 17.6 Å². The number of allylic oxidation sites excluding steroid dienone is 2. The topological polar surface area (TPSA) is 113 Å². The molecule has 0 aromatic heterocycles. The predicted octanol–water partition coefficient (Wildman–Crippen LogP) is 2.42. The number of benzene rings is 1. The van der Waals surface area contributed by atoms with E-state index in [9.17, 15) is 24.9 Å². The number of aliphatic hydroxyl groups is 2. The molecule has 7 heteroatoms. The molecule has 3 rings (SSSR count). The minimum atomic E-state index is -1.02. The average molecular weight is 402 g/mol. The van der Waals surface area contributed by atoms with Crippen LogP contribution in [0, 0.1) is 0 Å². The molecular weight excluding hydrogens is 376 g/mol. The molecule has 156 valence electrons. The van der Waals surface area contributed by atoms with E-state index in [4.69, 9.17) is 9.47 Å². The van der Waals surface area contributed by atoms with Gasteiger partial charge in [0.15, 0.2) is 11.5 Å². The lowest BCUT2D eigenvalue weighted by Crippen LogP contribution is -2.44. The summed E-state index contributed by atoms with van der Waals surface area (Å²) in [6.45, 7) is 6.64. The molecule has 1 aromatic carbocycles. The van der Waals surface area contributed by atoms with Gasteiger partial charge in [-0.05, 0) is 40.2 Å². The largest absolute Gasteiger partial charge is 0.507 e. The lowest BCUT2D eigenvalue weighted by Gasteiger charge is -2.33. The molecule has 2 aliphatic rings. The van der Waals surface area contributed by atoms with Crippen molar-refractivity contribution in [1.29, 1.82) is 0 Å². The Morgan fingerprint density at radius 1 is 1.38 bits per heavy atom. The van der Waals surface area contributed by atoms with Gasteiger partial charge in [0.25, 0.3) is 0 Å². The van der Waals surface area contributed by atoms with Crippen LogP contribution >= 0.6 is 0 Å². The molecule has 29 heavy (non-hydrogen) atoms. The molecule has 0 saturated heterocycles. The molecule has 3 atom stereocenters. The van der Waals surface area contributed by atoms with Crippen LogP contribution in [0.25, 0.3) is 0 Å². The van der Waals surface area contributed by atoms with Crippen LogP contribution in [-0.4, -0.2) is 52.8 Å². The Morgan fingerprint density at radius 3 is 2.62 bits per heavy atom. The van der Waals surface area contributed by atoms with E-state index in [1.165, 1.54) is 20.1 Å². The van der Waals surface area contributed by atoms with Crippen molar-refractivity contribution in [3.05, 3.63) is 45.7 Å². The van der Waals surface area contributed by atoms with Crippen molar-refractivity contribution in [2.24, 2.45) is 0 Å². The first-order valence-electron chi connectivity index (χ1n) is 9.45. The third kappa shape index (κ3) is 2.96. The Labute approximate surface area is 169 Å². The summed E-state index contributed by atoms with van der Waals surface area (Å²) in [5.74, 6) is -1.05. The van der Waals surface area contributed by atoms with Crippen LogP contribution in [-0.2, 0) is 10.2 Å². The molecule has 0 spiro atoms. The number of phenolic OH excluding ortho intramolecular Hbond substituents is 1. The van der Waals surface area contributed by atoms with Crippen molar-refractivity contribution < 1.29 is 34.4 Å². The van der Waals surface area contributed by atoms with Crippen LogP contribution in [0.2, 0.25) is 0 Å². The van der Waals surface area contributed by atoms with E-state index in [0.29, 0.717) is 11.1 Å². The van der Waals surface area contributed by atoms with Crippen LogP contribution in [0.3, 0.4) is 0 Å². The highest BCUT2D eigenvalue weighted by Crippen LogP contribution is 2.53. The van der Waals surface area contributed by atoms with E-state index in [1.54, 1.807) is 26.8 Å². The van der Waals surface area contributed by atoms with Gasteiger partial charge in [0.2, 0.25) is 5.78 Å². The van der Waals surface area contributed by atoms with Gasteiger partial charge in [-0.3, -0.25) is 9.59 Å². The molecule has 0 bridgehead atoms. The van der Waals surface area contributed by atoms with Gasteiger partial charge in [-0.15, -0.1) is 0 Å². The third-order valence-electron chi connectivity index (χ3n) is 6.13. The van der Waals surface area contributed by atoms with Crippen LogP contribution in [0.15, 0.2) is 29.0 Å². The summed E-state index contributed by atoms with van der Waals surface area (Å²) in [5.41, 5.74) is 0.277. The Hall–Kier alpha value is -2.64. The second-order valence-corrected chi connectivity index (χ2v) is 7.84. The van der Waals surface area contributed by atoms with Gasteiger partial charge in [-0.2, -0.15) is 0 Å². The van der Waals surface area contributed by atoms with E-state index >= 15 is 0 Å². The monoisotopic (exact) mass is 402 g/mol. The molecule has 1 aromatic rings. The molecule has 1 aliphatic carbocycles. The molecular formula is C22H26O7. The summed E-state index contributed by atoms with van der Waals surface area (Å²) < 4.78 is 11.1. The lowest BCUT2D eigenvalue weighted by molar-refractivity contribution is 0.0390. The van der Waals surface area contributed by atoms with Crippen LogP contribution in [0.1, 0.15) is 60.4 Å². The van der Waals surface area contributed by atoms with Gasteiger partial charge in [0, 0.05) is 16.7 Å². The van der Waals surface area contributed by atoms with E-state index < -0.39 is 29.2 Å². The normalized spacial score (nSPS) is 24.9. The smallest absolute Gasteiger partial charge is 0.228 e. The number of aliphatic hydroxyl groups excluding tert-OH is 2. The minimum absolute atomic E-state index is 0.0238. The Kier molecular flexibility index (Phi) is 5.32. The first-order chi connectivity index (χ1) is 13.6. The van der Waals surface area contributed by atoms with Crippen molar-refractivity contribution in [1.82, 2.24) is 0 Å². The van der Waals surface area contributed by atoms with E-state index in [0.717, 1.165) is 0 Å². The summed E-state index contributed by atoms with van der Waals surface area (Å²) in [6, 6.07) is 1.25. The molecule has 3 unspecified atom stereocenters. The second kappa shape index (κ2) is 7.31. The van der Waals surface area contributed by atoms with E-state index in [1.807, 2.05) is 0 Å². The summed E-state index contributed by atoms with van der Waals surface area (Å²) in [7, 11) is 1.32. The number of carbonyl (C=O) groups excluding carboxylic acids is 2. The number of fused-ring (bicyclic) bond motifs is 3. The number of methoxy groups -OCH3 is 1. The highest BCUT2D eigenvalue weighted by Gasteiger charge is 2.52. The number of Topliss-reactive ketones (excluding diaryl/α,β-unsaturated/α-hetero) is 2. The van der Waals surface area contributed by atoms with Crippen molar-refractivity contribution in [3.8, 4) is 11.5 Å². The average Bonchev–Trinajstić information content (AvgIpc) is 2.96. The van der Waals surface area contributed by atoms with Gasteiger partial charge in [0.05, 0.1) is 30.8 Å². The third-order valence-corrected chi connectivity index (χ3v) is 6.13. The van der Waals surface area contributed by atoms with Crippen molar-refractivity contribution >= 4 is 11.6 Å². The first kappa shape index (κ1) is 21.1. The van der Waals surface area contributed by atoms with Gasteiger partial charge < -0.3 is 24.8 Å². The minimum Gasteiger partial charge on any atom is -0.507 e. The highest BCUT2D eigenvalue weighted by atomic mass is 16.5. The standard InChI is InChI=1S/C22H26O7/c1-10(9-23)6-7-15(25)22(4)12(3)29-21-16-13(8-14(24)17(21)22)19(27)20(28-5)11(2)18(16)26/h6,8,12,15,23-25H,7,9H2,1-5H3. The zero-order valence-corrected chi connectivity index (χ0v) is 17.2. The molecule has 0 amide bonds. The number of ether oxygens (including phenoxy) is 2. The molecule has 3 N–H and O–H groups in total. The maximum Gasteiger partial charge on any atom is 0.228 e. The predicted molar refractivity (Wildman–Crippen MR) is 105 cm³/mol. The number of aromatic hydroxyl groups is 1. The summed E-state index contributed by atoms with van der Waals surface area (Å²) in [4.78, 5) is 25.8. The second-order valence-electron chi connectivity index (χ2n) is 7.84. The van der Waals surface area contributed by atoms with Gasteiger partial charge in [-0.1, -0.05) is 11.6 Å². The molecule has 1 aliphatic heterocycles. The number of hydrogen-bond acceptors (Lipinski definition) is 7. The molecule has 0 radical (unpaired) electrons. The quantitative estimate of drug-likeness (QED) is 0.648. The molecule has 7 nitrogen and oxygen atoms in total. The summed E-state index contributed by atoms with van der Waals surface area (Å²) in [5, 5.41) is 30.9. The fraction of sp³-hybridized carbons (Fsp3) is 0.455. The summed E-state index contributed by atoms with van der Waals surface area (Å²) in [6.07, 6.45) is 0.433. The maximum atomic E-state index is 13.0. The SMILES string of the molecule is COC1=C(C)C(=O)c2c(cc(O)c3c2OC(C)C3(C)C(O)CC=C(C)CO)C1=O. The number of hydrogen-bond donors (Lipinski definition) is 3. The number of carbonyl (C=O) groups is 2. The first-order valence-corrected chi connectivity index (χ1v) is 9.45. The lowest BCUT2D eigenvalue weighted by atomic mass is 9.71. The van der Waals surface area contributed by atoms with Crippen molar-refractivity contribution in [2.75, 3.05) is 13.7 Å². The Morgan fingerprint density at radius 2 is 2.03 bits per heavy atom. The molecule has 0 saturated carbocycles. The summed E-state index contributed by atoms with van der Waals surface area (Å²) >= 11 is 0. The van der Waals surface area contributed by atoms with E-state index in [-0.39, 0.29) is 47.0 Å². The van der Waals surface area contributed by atoms with Crippen LogP contribution < -0.4 is 4.74 Å². The van der Waals surface area contributed by atoms with E-state index in [2.05, 4.69) is 0 Å². The molecule has 0 fully saturated rings. The number of phenols is 1. The van der Waals surface area contributed by atoms with Crippen molar-refractivity contribution in [3.63, 3.8) is 0 Å². The fourth-order valence-electron chi connectivity index (χ4n) is 4.08.